The minimum atomic E-state index is -0.345. The number of benzene rings is 1. The van der Waals surface area contributed by atoms with Crippen LogP contribution in [-0.2, 0) is 11.3 Å². The number of aromatic nitrogens is 5. The highest BCUT2D eigenvalue weighted by molar-refractivity contribution is 5.99. The van der Waals surface area contributed by atoms with Crippen molar-refractivity contribution in [2.75, 3.05) is 28.6 Å². The Morgan fingerprint density at radius 3 is 2.43 bits per heavy atom. The van der Waals surface area contributed by atoms with Crippen LogP contribution in [0.15, 0.2) is 55.0 Å². The first kappa shape index (κ1) is 22.9. The Kier molecular flexibility index (Phi) is 6.08. The highest BCUT2D eigenvalue weighted by Crippen LogP contribution is 2.33. The minimum absolute atomic E-state index is 0.213. The zero-order valence-corrected chi connectivity index (χ0v) is 20.0. The van der Waals surface area contributed by atoms with Crippen LogP contribution in [0.1, 0.15) is 19.3 Å². The Labute approximate surface area is 213 Å². The fraction of sp³-hybridized carbons (Fsp3) is 0.308. The first-order valence-corrected chi connectivity index (χ1v) is 12.3. The van der Waals surface area contributed by atoms with Gasteiger partial charge in [0.05, 0.1) is 42.8 Å². The summed E-state index contributed by atoms with van der Waals surface area (Å²) in [6.45, 7) is 2.02. The minimum Gasteiger partial charge on any atom is -0.371 e. The molecule has 2 atom stereocenters. The van der Waals surface area contributed by atoms with Gasteiger partial charge in [0.25, 0.3) is 0 Å². The van der Waals surface area contributed by atoms with E-state index in [0.29, 0.717) is 35.8 Å². The zero-order valence-electron chi connectivity index (χ0n) is 20.0. The van der Waals surface area contributed by atoms with Crippen molar-refractivity contribution in [3.8, 4) is 17.5 Å². The molecule has 2 aliphatic rings. The number of nitrogens with zero attached hydrogens (tertiary/aromatic N) is 7. The van der Waals surface area contributed by atoms with E-state index in [0.717, 1.165) is 42.7 Å². The number of carbonyl (C=O) groups excluding carboxylic acids is 1. The molecule has 0 aliphatic carbocycles. The molecular weight excluding hydrogens is 470 g/mol. The fourth-order valence-corrected chi connectivity index (χ4v) is 4.85. The van der Waals surface area contributed by atoms with E-state index in [2.05, 4.69) is 31.7 Å². The summed E-state index contributed by atoms with van der Waals surface area (Å²) in [5.74, 6) is 1.40. The number of carbonyl (C=O) groups is 1. The van der Waals surface area contributed by atoms with Gasteiger partial charge in [-0.1, -0.05) is 0 Å². The number of hydrogen-bond acceptors (Lipinski definition) is 8. The number of rotatable bonds is 6. The normalized spacial score (nSPS) is 18.5. The standard InChI is InChI=1S/C26H25N9O2/c27-10-1-13-35-25-22(14-29-35)24(34-15-20-6-7-21(16-34)37-20)32-23(33-25)17-2-4-18(5-3-17)30-26(36)31-19-8-11-28-12-9-19/h2-5,8-9,11-12,14,20-21H,1,6-7,13,15-16H2,(H2,28,30,31,36). The van der Waals surface area contributed by atoms with E-state index in [4.69, 9.17) is 20.0 Å². The molecule has 2 amide bonds. The third-order valence-corrected chi connectivity index (χ3v) is 6.59. The summed E-state index contributed by atoms with van der Waals surface area (Å²) < 4.78 is 7.80. The number of hydrogen-bond donors (Lipinski definition) is 2. The lowest BCUT2D eigenvalue weighted by molar-refractivity contribution is 0.0303. The molecule has 37 heavy (non-hydrogen) atoms. The molecule has 11 heteroatoms. The smallest absolute Gasteiger partial charge is 0.323 e. The predicted molar refractivity (Wildman–Crippen MR) is 138 cm³/mol. The largest absolute Gasteiger partial charge is 0.371 e. The van der Waals surface area contributed by atoms with Crippen LogP contribution in [0.4, 0.5) is 22.0 Å². The maximum absolute atomic E-state index is 12.3. The van der Waals surface area contributed by atoms with Crippen LogP contribution in [0, 0.1) is 11.3 Å². The van der Waals surface area contributed by atoms with Crippen molar-refractivity contribution in [3.05, 3.63) is 55.0 Å². The lowest BCUT2D eigenvalue weighted by Gasteiger charge is -2.33. The molecular formula is C26H25N9O2. The van der Waals surface area contributed by atoms with E-state index in [9.17, 15) is 4.79 Å². The SMILES string of the molecule is N#CCCn1ncc2c(N3CC4CCC(C3)O4)nc(-c3ccc(NC(=O)Nc4ccncc4)cc3)nc21. The van der Waals surface area contributed by atoms with Crippen molar-refractivity contribution in [1.29, 1.82) is 5.26 Å². The lowest BCUT2D eigenvalue weighted by Crippen LogP contribution is -2.43. The highest BCUT2D eigenvalue weighted by Gasteiger charge is 2.35. The maximum Gasteiger partial charge on any atom is 0.323 e. The molecule has 0 spiro atoms. The van der Waals surface area contributed by atoms with Crippen molar-refractivity contribution in [3.63, 3.8) is 0 Å². The van der Waals surface area contributed by atoms with Crippen LogP contribution in [0.2, 0.25) is 0 Å². The van der Waals surface area contributed by atoms with Crippen LogP contribution in [0.25, 0.3) is 22.4 Å². The number of fused-ring (bicyclic) bond motifs is 3. The van der Waals surface area contributed by atoms with Crippen molar-refractivity contribution >= 4 is 34.3 Å². The summed E-state index contributed by atoms with van der Waals surface area (Å²) in [4.78, 5) is 28.4. The molecule has 186 valence electrons. The Balaban J connectivity index is 1.29. The van der Waals surface area contributed by atoms with Gasteiger partial charge in [-0.25, -0.2) is 19.4 Å². The van der Waals surface area contributed by atoms with Gasteiger partial charge in [0.1, 0.15) is 5.82 Å². The number of amides is 2. The van der Waals surface area contributed by atoms with E-state index < -0.39 is 0 Å². The number of aryl methyl sites for hydroxylation is 1. The molecule has 3 aromatic heterocycles. The molecule has 5 heterocycles. The van der Waals surface area contributed by atoms with Crippen LogP contribution < -0.4 is 15.5 Å². The second-order valence-electron chi connectivity index (χ2n) is 9.14. The molecule has 11 nitrogen and oxygen atoms in total. The van der Waals surface area contributed by atoms with Crippen LogP contribution >= 0.6 is 0 Å². The summed E-state index contributed by atoms with van der Waals surface area (Å²) in [5, 5.41) is 20.1. The molecule has 2 aliphatic heterocycles. The first-order valence-electron chi connectivity index (χ1n) is 12.3. The Morgan fingerprint density at radius 1 is 1.03 bits per heavy atom. The Morgan fingerprint density at radius 2 is 1.73 bits per heavy atom. The quantitative estimate of drug-likeness (QED) is 0.412. The zero-order chi connectivity index (χ0) is 25.2. The summed E-state index contributed by atoms with van der Waals surface area (Å²) >= 11 is 0. The number of morpholine rings is 1. The van der Waals surface area contributed by atoms with E-state index in [-0.39, 0.29) is 18.2 Å². The molecule has 4 aromatic rings. The molecule has 0 saturated carbocycles. The van der Waals surface area contributed by atoms with Crippen LogP contribution in [-0.4, -0.2) is 56.1 Å². The average molecular weight is 496 g/mol. The Hall–Kier alpha value is -4.56. The number of nitriles is 1. The van der Waals surface area contributed by atoms with Crippen molar-refractivity contribution in [2.24, 2.45) is 0 Å². The van der Waals surface area contributed by atoms with Crippen LogP contribution in [0.3, 0.4) is 0 Å². The van der Waals surface area contributed by atoms with Gasteiger partial charge >= 0.3 is 6.03 Å². The number of ether oxygens (including phenoxy) is 1. The van der Waals surface area contributed by atoms with Gasteiger partial charge in [-0.05, 0) is 49.2 Å². The first-order chi connectivity index (χ1) is 18.2. The van der Waals surface area contributed by atoms with E-state index in [1.807, 2.05) is 24.3 Å². The summed E-state index contributed by atoms with van der Waals surface area (Å²) in [6.07, 6.45) is 7.91. The molecule has 0 radical (unpaired) electrons. The van der Waals surface area contributed by atoms with Crippen molar-refractivity contribution in [1.82, 2.24) is 24.7 Å². The van der Waals surface area contributed by atoms with Gasteiger partial charge in [-0.2, -0.15) is 10.4 Å². The molecule has 2 bridgehead atoms. The predicted octanol–water partition coefficient (Wildman–Crippen LogP) is 3.81. The van der Waals surface area contributed by atoms with E-state index in [1.54, 1.807) is 35.4 Å². The molecule has 2 N–H and O–H groups in total. The molecule has 6 rings (SSSR count). The topological polar surface area (TPSA) is 134 Å². The fourth-order valence-electron chi connectivity index (χ4n) is 4.85. The van der Waals surface area contributed by atoms with Crippen molar-refractivity contribution in [2.45, 2.75) is 38.0 Å². The molecule has 2 saturated heterocycles. The molecule has 2 unspecified atom stereocenters. The van der Waals surface area contributed by atoms with E-state index in [1.165, 1.54) is 0 Å². The number of urea groups is 1. The molecule has 2 fully saturated rings. The second kappa shape index (κ2) is 9.83. The van der Waals surface area contributed by atoms with Crippen LogP contribution in [0.5, 0.6) is 0 Å². The monoisotopic (exact) mass is 495 g/mol. The van der Waals surface area contributed by atoms with Gasteiger partial charge in [0, 0.05) is 42.4 Å². The summed E-state index contributed by atoms with van der Waals surface area (Å²) in [6, 6.07) is 12.7. The third kappa shape index (κ3) is 4.79. The second-order valence-corrected chi connectivity index (χ2v) is 9.14. The summed E-state index contributed by atoms with van der Waals surface area (Å²) in [5.41, 5.74) is 2.81. The molecule has 1 aromatic carbocycles. The lowest BCUT2D eigenvalue weighted by atomic mass is 10.2. The highest BCUT2D eigenvalue weighted by atomic mass is 16.5. The van der Waals surface area contributed by atoms with Crippen molar-refractivity contribution < 1.29 is 9.53 Å². The van der Waals surface area contributed by atoms with E-state index >= 15 is 0 Å². The third-order valence-electron chi connectivity index (χ3n) is 6.59. The van der Waals surface area contributed by atoms with Gasteiger partial charge in [-0.3, -0.25) is 4.98 Å². The number of pyridine rings is 1. The Bertz CT molecular complexity index is 1450. The average Bonchev–Trinajstić information content (AvgIpc) is 3.49. The van der Waals surface area contributed by atoms with Gasteiger partial charge in [0.15, 0.2) is 11.5 Å². The van der Waals surface area contributed by atoms with Gasteiger partial charge in [0.2, 0.25) is 0 Å². The number of anilines is 3. The maximum atomic E-state index is 12.3. The summed E-state index contributed by atoms with van der Waals surface area (Å²) in [7, 11) is 0. The number of nitrogens with one attached hydrogen (secondary N) is 2. The van der Waals surface area contributed by atoms with Gasteiger partial charge < -0.3 is 20.3 Å². The van der Waals surface area contributed by atoms with Gasteiger partial charge in [-0.15, -0.1) is 0 Å².